The largest absolute Gasteiger partial charge is 0.222 e. The number of hydrogen-bond acceptors (Lipinski definition) is 1. The van der Waals surface area contributed by atoms with Gasteiger partial charge in [-0.05, 0) is 12.1 Å². The zero-order valence-electron chi connectivity index (χ0n) is 7.94. The Labute approximate surface area is 78.4 Å². The van der Waals surface area contributed by atoms with Crippen LogP contribution in [0.5, 0.6) is 0 Å². The molecule has 0 saturated carbocycles. The maximum atomic E-state index is 4.27. The topological polar surface area (TPSA) is 12.4 Å². The molecule has 0 spiro atoms. The van der Waals surface area contributed by atoms with Crippen molar-refractivity contribution < 1.29 is 0 Å². The molecule has 13 heavy (non-hydrogen) atoms. The van der Waals surface area contributed by atoms with Crippen molar-refractivity contribution in [3.05, 3.63) is 42.7 Å². The lowest BCUT2D eigenvalue weighted by Crippen LogP contribution is -2.41. The van der Waals surface area contributed by atoms with Crippen molar-refractivity contribution in [1.29, 1.82) is 0 Å². The highest BCUT2D eigenvalue weighted by atomic mass is 15.4. The fraction of sp³-hybridized carbons (Fsp3) is 0.182. The van der Waals surface area contributed by atoms with E-state index in [2.05, 4.69) is 42.5 Å². The van der Waals surface area contributed by atoms with Crippen LogP contribution in [0.25, 0.3) is 0 Å². The van der Waals surface area contributed by atoms with Crippen LogP contribution in [-0.2, 0) is 0 Å². The van der Waals surface area contributed by atoms with Crippen molar-refractivity contribution in [1.82, 2.24) is 4.48 Å². The highest BCUT2D eigenvalue weighted by Crippen LogP contribution is 2.24. The number of para-hydroxylation sites is 1. The van der Waals surface area contributed by atoms with Crippen molar-refractivity contribution in [2.75, 3.05) is 7.05 Å². The van der Waals surface area contributed by atoms with Gasteiger partial charge in [-0.2, -0.15) is 0 Å². The van der Waals surface area contributed by atoms with E-state index < -0.39 is 0 Å². The van der Waals surface area contributed by atoms with Crippen LogP contribution in [0.15, 0.2) is 47.7 Å². The monoisotopic (exact) mass is 173 g/mol. The lowest BCUT2D eigenvalue weighted by atomic mass is 10.2. The molecule has 0 bridgehead atoms. The van der Waals surface area contributed by atoms with Crippen LogP contribution < -0.4 is 4.48 Å². The maximum Gasteiger partial charge on any atom is 0.209 e. The fourth-order valence-electron chi connectivity index (χ4n) is 1.51. The molecule has 1 aliphatic heterocycles. The summed E-state index contributed by atoms with van der Waals surface area (Å²) in [5.41, 5.74) is 1.25. The highest BCUT2D eigenvalue weighted by molar-refractivity contribution is 5.94. The van der Waals surface area contributed by atoms with Gasteiger partial charge in [0.25, 0.3) is 0 Å². The Morgan fingerprint density at radius 2 is 1.85 bits per heavy atom. The third kappa shape index (κ3) is 1.19. The Balaban J connectivity index is 2.47. The average molecular weight is 173 g/mol. The molecule has 0 fully saturated rings. The van der Waals surface area contributed by atoms with E-state index in [4.69, 9.17) is 0 Å². The molecular weight excluding hydrogens is 160 g/mol. The quantitative estimate of drug-likeness (QED) is 0.579. The molecule has 1 heterocycles. The van der Waals surface area contributed by atoms with Crippen LogP contribution in [0.3, 0.4) is 0 Å². The standard InChI is InChI=1S/C11H13N2/c1-10-12-8-9-13(10,2)11-6-4-3-5-7-11/h3-9H,1-2H3/q+1. The first-order valence-electron chi connectivity index (χ1n) is 4.38. The molecule has 0 saturated heterocycles. The lowest BCUT2D eigenvalue weighted by Gasteiger charge is -2.25. The molecule has 0 radical (unpaired) electrons. The van der Waals surface area contributed by atoms with E-state index in [0.717, 1.165) is 5.84 Å². The van der Waals surface area contributed by atoms with E-state index >= 15 is 0 Å². The van der Waals surface area contributed by atoms with Gasteiger partial charge in [0.2, 0.25) is 5.84 Å². The maximum absolute atomic E-state index is 4.27. The summed E-state index contributed by atoms with van der Waals surface area (Å²) >= 11 is 0. The number of aliphatic imine (C=N–C) groups is 1. The smallest absolute Gasteiger partial charge is 0.209 e. The minimum Gasteiger partial charge on any atom is -0.222 e. The minimum atomic E-state index is 0.695. The van der Waals surface area contributed by atoms with Crippen LogP contribution >= 0.6 is 0 Å². The molecule has 66 valence electrons. The number of quaternary nitrogens is 1. The van der Waals surface area contributed by atoms with Crippen LogP contribution in [0.2, 0.25) is 0 Å². The molecule has 0 aromatic heterocycles. The average Bonchev–Trinajstić information content (AvgIpc) is 2.50. The van der Waals surface area contributed by atoms with Gasteiger partial charge in [0, 0.05) is 6.92 Å². The number of benzene rings is 1. The molecule has 2 nitrogen and oxygen atoms in total. The Morgan fingerprint density at radius 1 is 1.15 bits per heavy atom. The van der Waals surface area contributed by atoms with Crippen molar-refractivity contribution in [3.8, 4) is 0 Å². The molecular formula is C11H13N2+. The van der Waals surface area contributed by atoms with E-state index in [1.54, 1.807) is 0 Å². The van der Waals surface area contributed by atoms with Gasteiger partial charge < -0.3 is 0 Å². The highest BCUT2D eigenvalue weighted by Gasteiger charge is 2.29. The molecule has 2 rings (SSSR count). The number of rotatable bonds is 1. The molecule has 2 heteroatoms. The Hall–Kier alpha value is -1.41. The van der Waals surface area contributed by atoms with Crippen molar-refractivity contribution >= 4 is 11.5 Å². The second-order valence-corrected chi connectivity index (χ2v) is 3.39. The lowest BCUT2D eigenvalue weighted by molar-refractivity contribution is 0.662. The van der Waals surface area contributed by atoms with E-state index in [1.165, 1.54) is 5.69 Å². The zero-order chi connectivity index (χ0) is 9.31. The third-order valence-electron chi connectivity index (χ3n) is 2.59. The van der Waals surface area contributed by atoms with Gasteiger partial charge in [-0.15, -0.1) is 0 Å². The summed E-state index contributed by atoms with van der Waals surface area (Å²) in [6.07, 6.45) is 3.95. The summed E-state index contributed by atoms with van der Waals surface area (Å²) in [7, 11) is 2.14. The molecule has 1 atom stereocenters. The molecule has 1 aliphatic rings. The minimum absolute atomic E-state index is 0.695. The van der Waals surface area contributed by atoms with E-state index in [0.29, 0.717) is 4.48 Å². The van der Waals surface area contributed by atoms with Gasteiger partial charge in [-0.25, -0.2) is 9.48 Å². The summed E-state index contributed by atoms with van der Waals surface area (Å²) in [4.78, 5) is 4.27. The number of amidine groups is 1. The summed E-state index contributed by atoms with van der Waals surface area (Å²) in [5.74, 6) is 1.10. The molecule has 0 N–H and O–H groups in total. The normalized spacial score (nSPS) is 26.2. The van der Waals surface area contributed by atoms with Gasteiger partial charge in [-0.1, -0.05) is 18.2 Å². The summed E-state index contributed by atoms with van der Waals surface area (Å²) in [5, 5.41) is 0. The summed E-state index contributed by atoms with van der Waals surface area (Å²) in [6.45, 7) is 2.05. The molecule has 0 aliphatic carbocycles. The predicted molar refractivity (Wildman–Crippen MR) is 56.4 cm³/mol. The molecule has 1 aromatic rings. The second-order valence-electron chi connectivity index (χ2n) is 3.39. The van der Waals surface area contributed by atoms with Crippen molar-refractivity contribution in [3.63, 3.8) is 0 Å². The van der Waals surface area contributed by atoms with Gasteiger partial charge >= 0.3 is 0 Å². The Morgan fingerprint density at radius 3 is 2.38 bits per heavy atom. The van der Waals surface area contributed by atoms with Gasteiger partial charge in [0.15, 0.2) is 0 Å². The first kappa shape index (κ1) is 8.20. The van der Waals surface area contributed by atoms with Crippen LogP contribution in [-0.4, -0.2) is 12.9 Å². The molecule has 0 amide bonds. The third-order valence-corrected chi connectivity index (χ3v) is 2.59. The SMILES string of the molecule is CC1=NC=C[N+]1(C)c1ccccc1. The fourth-order valence-corrected chi connectivity index (χ4v) is 1.51. The Kier molecular flexibility index (Phi) is 1.78. The van der Waals surface area contributed by atoms with Crippen LogP contribution in [0.1, 0.15) is 6.92 Å². The number of nitrogens with zero attached hydrogens (tertiary/aromatic N) is 2. The van der Waals surface area contributed by atoms with Gasteiger partial charge in [0.05, 0.1) is 13.2 Å². The first-order chi connectivity index (χ1) is 6.23. The van der Waals surface area contributed by atoms with Crippen LogP contribution in [0.4, 0.5) is 5.69 Å². The van der Waals surface area contributed by atoms with Gasteiger partial charge in [-0.3, -0.25) is 0 Å². The summed E-state index contributed by atoms with van der Waals surface area (Å²) in [6, 6.07) is 10.4. The summed E-state index contributed by atoms with van der Waals surface area (Å²) < 4.78 is 0.695. The first-order valence-corrected chi connectivity index (χ1v) is 4.38. The predicted octanol–water partition coefficient (Wildman–Crippen LogP) is 2.53. The Bertz CT molecular complexity index is 365. The van der Waals surface area contributed by atoms with Crippen LogP contribution in [0, 0.1) is 0 Å². The second kappa shape index (κ2) is 2.82. The van der Waals surface area contributed by atoms with Crippen molar-refractivity contribution in [2.24, 2.45) is 4.99 Å². The zero-order valence-corrected chi connectivity index (χ0v) is 7.94. The molecule has 1 unspecified atom stereocenters. The van der Waals surface area contributed by atoms with Crippen molar-refractivity contribution in [2.45, 2.75) is 6.92 Å². The number of hydrogen-bond donors (Lipinski definition) is 0. The van der Waals surface area contributed by atoms with E-state index in [-0.39, 0.29) is 0 Å². The van der Waals surface area contributed by atoms with E-state index in [1.807, 2.05) is 19.2 Å². The van der Waals surface area contributed by atoms with E-state index in [9.17, 15) is 0 Å². The van der Waals surface area contributed by atoms with Gasteiger partial charge in [0.1, 0.15) is 11.9 Å². The molecule has 1 aromatic carbocycles.